The monoisotopic (exact) mass is 255 g/mol. The molecule has 2 N–H and O–H groups in total. The summed E-state index contributed by atoms with van der Waals surface area (Å²) < 4.78 is 1.72. The van der Waals surface area contributed by atoms with Gasteiger partial charge in [-0.2, -0.15) is 0 Å². The summed E-state index contributed by atoms with van der Waals surface area (Å²) in [5.41, 5.74) is -1.29. The summed E-state index contributed by atoms with van der Waals surface area (Å²) in [6.07, 6.45) is 1.29. The van der Waals surface area contributed by atoms with Gasteiger partial charge in [-0.15, -0.1) is 0 Å². The number of aromatic nitrogens is 2. The van der Waals surface area contributed by atoms with E-state index in [4.69, 9.17) is 0 Å². The highest BCUT2D eigenvalue weighted by Gasteiger charge is 2.09. The molecule has 0 aromatic carbocycles. The van der Waals surface area contributed by atoms with Crippen LogP contribution in [0.15, 0.2) is 14.6 Å². The highest BCUT2D eigenvalue weighted by atomic mass is 16.3. The maximum Gasteiger partial charge on any atom is 0.330 e. The molecule has 1 aromatic heterocycles. The fourth-order valence-corrected chi connectivity index (χ4v) is 1.26. The van der Waals surface area contributed by atoms with Gasteiger partial charge in [0.05, 0.1) is 34.2 Å². The molecule has 0 unspecified atom stereocenters. The molecule has 0 aliphatic carbocycles. The van der Waals surface area contributed by atoms with E-state index in [0.29, 0.717) is 6.54 Å². The second kappa shape index (κ2) is 5.18. The molecular formula is C11H19N4O3+. The molecule has 0 saturated heterocycles. The first-order valence-corrected chi connectivity index (χ1v) is 5.55. The zero-order chi connectivity index (χ0) is 13.9. The highest BCUT2D eigenvalue weighted by Crippen LogP contribution is 2.04. The quantitative estimate of drug-likeness (QED) is 0.529. The van der Waals surface area contributed by atoms with Crippen molar-refractivity contribution in [1.29, 1.82) is 0 Å². The molecule has 100 valence electrons. The lowest BCUT2D eigenvalue weighted by Gasteiger charge is -2.22. The molecule has 1 heterocycles. The van der Waals surface area contributed by atoms with Gasteiger partial charge >= 0.3 is 5.69 Å². The molecule has 0 atom stereocenters. The van der Waals surface area contributed by atoms with E-state index in [1.54, 1.807) is 0 Å². The summed E-state index contributed by atoms with van der Waals surface area (Å²) in [5.74, 6) is -0.377. The standard InChI is InChI=1S/C11H18N4O3/c1-14-10(17)8(9(16)13-11(14)18)7-12-5-6-15(2,3)4/h7H,5-6H2,1-4H3,(H-,12,13,16,17,18)/p+1. The normalized spacial score (nSPS) is 12.2. The molecule has 0 aliphatic heterocycles. The summed E-state index contributed by atoms with van der Waals surface area (Å²) in [6, 6.07) is 0. The van der Waals surface area contributed by atoms with E-state index in [0.717, 1.165) is 15.6 Å². The Kier molecular flexibility index (Phi) is 4.07. The van der Waals surface area contributed by atoms with Crippen molar-refractivity contribution in [2.75, 3.05) is 34.2 Å². The van der Waals surface area contributed by atoms with E-state index >= 15 is 0 Å². The Bertz CT molecular complexity index is 563. The molecule has 0 spiro atoms. The van der Waals surface area contributed by atoms with Crippen LogP contribution < -0.4 is 11.2 Å². The molecule has 1 rings (SSSR count). The average molecular weight is 255 g/mol. The van der Waals surface area contributed by atoms with Crippen LogP contribution in [-0.4, -0.2) is 59.6 Å². The van der Waals surface area contributed by atoms with Gasteiger partial charge in [0.15, 0.2) is 0 Å². The van der Waals surface area contributed by atoms with Crippen LogP contribution in [-0.2, 0) is 7.05 Å². The van der Waals surface area contributed by atoms with E-state index < -0.39 is 11.2 Å². The summed E-state index contributed by atoms with van der Waals surface area (Å²) in [5, 5.41) is 9.67. The minimum Gasteiger partial charge on any atom is -0.494 e. The first-order chi connectivity index (χ1) is 8.22. The molecule has 1 aromatic rings. The number of hydrogen-bond donors (Lipinski definition) is 2. The summed E-state index contributed by atoms with van der Waals surface area (Å²) >= 11 is 0. The Morgan fingerprint density at radius 3 is 2.56 bits per heavy atom. The van der Waals surface area contributed by atoms with Gasteiger partial charge in [-0.3, -0.25) is 19.3 Å². The van der Waals surface area contributed by atoms with Crippen LogP contribution in [0.5, 0.6) is 5.88 Å². The lowest BCUT2D eigenvalue weighted by atomic mass is 10.3. The fourth-order valence-electron chi connectivity index (χ4n) is 1.26. The van der Waals surface area contributed by atoms with Crippen LogP contribution in [0.25, 0.3) is 0 Å². The first-order valence-electron chi connectivity index (χ1n) is 5.55. The molecule has 0 saturated carbocycles. The van der Waals surface area contributed by atoms with Crippen molar-refractivity contribution in [2.45, 2.75) is 0 Å². The minimum atomic E-state index is -0.652. The van der Waals surface area contributed by atoms with Crippen molar-refractivity contribution in [2.24, 2.45) is 12.0 Å². The third-order valence-electron chi connectivity index (χ3n) is 2.45. The Hall–Kier alpha value is -1.89. The number of hydrogen-bond acceptors (Lipinski definition) is 4. The topological polar surface area (TPSA) is 87.4 Å². The number of aromatic amines is 1. The van der Waals surface area contributed by atoms with Gasteiger partial charge in [-0.1, -0.05) is 0 Å². The number of nitrogens with zero attached hydrogens (tertiary/aromatic N) is 3. The van der Waals surface area contributed by atoms with E-state index in [2.05, 4.69) is 9.98 Å². The predicted octanol–water partition coefficient (Wildman–Crippen LogP) is -1.10. The zero-order valence-electron chi connectivity index (χ0n) is 11.1. The predicted molar refractivity (Wildman–Crippen MR) is 69.3 cm³/mol. The van der Waals surface area contributed by atoms with Gasteiger partial charge < -0.3 is 9.59 Å². The number of H-pyrrole nitrogens is 1. The molecule has 7 nitrogen and oxygen atoms in total. The third kappa shape index (κ3) is 3.56. The molecule has 0 aliphatic rings. The summed E-state index contributed by atoms with van der Waals surface area (Å²) in [4.78, 5) is 28.8. The van der Waals surface area contributed by atoms with E-state index in [9.17, 15) is 14.7 Å². The average Bonchev–Trinajstić information content (AvgIpc) is 2.23. The van der Waals surface area contributed by atoms with E-state index in [1.807, 2.05) is 21.1 Å². The minimum absolute atomic E-state index is 0.00138. The lowest BCUT2D eigenvalue weighted by Crippen LogP contribution is -2.36. The largest absolute Gasteiger partial charge is 0.494 e. The van der Waals surface area contributed by atoms with Gasteiger partial charge in [0, 0.05) is 13.3 Å². The molecular weight excluding hydrogens is 236 g/mol. The second-order valence-corrected chi connectivity index (χ2v) is 5.10. The van der Waals surface area contributed by atoms with E-state index in [1.165, 1.54) is 13.3 Å². The van der Waals surface area contributed by atoms with Crippen molar-refractivity contribution in [3.8, 4) is 5.88 Å². The first kappa shape index (κ1) is 14.2. The Morgan fingerprint density at radius 1 is 1.39 bits per heavy atom. The Balaban J connectivity index is 2.93. The maximum atomic E-state index is 11.5. The summed E-state index contributed by atoms with van der Waals surface area (Å²) in [7, 11) is 7.47. The smallest absolute Gasteiger partial charge is 0.330 e. The summed E-state index contributed by atoms with van der Waals surface area (Å²) in [6.45, 7) is 1.34. The van der Waals surface area contributed by atoms with Crippen LogP contribution in [0.3, 0.4) is 0 Å². The van der Waals surface area contributed by atoms with Gasteiger partial charge in [0.2, 0.25) is 5.88 Å². The SMILES string of the molecule is Cn1c(O)c(C=NCC[N+](C)(C)C)c(=O)[nH]c1=O. The number of likely N-dealkylation sites (N-methyl/N-ethyl adjacent to an activating group) is 1. The number of aromatic hydroxyl groups is 1. The fraction of sp³-hybridized carbons (Fsp3) is 0.545. The van der Waals surface area contributed by atoms with Crippen LogP contribution in [0.1, 0.15) is 5.56 Å². The van der Waals surface area contributed by atoms with Crippen LogP contribution in [0.2, 0.25) is 0 Å². The van der Waals surface area contributed by atoms with Crippen LogP contribution >= 0.6 is 0 Å². The Morgan fingerprint density at radius 2 is 2.00 bits per heavy atom. The molecule has 0 fully saturated rings. The number of rotatable bonds is 4. The molecule has 0 bridgehead atoms. The number of nitrogens with one attached hydrogen (secondary N) is 1. The number of quaternary nitrogens is 1. The van der Waals surface area contributed by atoms with Gasteiger partial charge in [0.1, 0.15) is 5.56 Å². The lowest BCUT2D eigenvalue weighted by molar-refractivity contribution is -0.868. The molecule has 0 radical (unpaired) electrons. The highest BCUT2D eigenvalue weighted by molar-refractivity contribution is 5.81. The third-order valence-corrected chi connectivity index (χ3v) is 2.45. The van der Waals surface area contributed by atoms with Crippen molar-refractivity contribution in [3.05, 3.63) is 26.4 Å². The molecule has 7 heteroatoms. The number of aliphatic imine (C=N–C) groups is 1. The van der Waals surface area contributed by atoms with E-state index in [-0.39, 0.29) is 11.4 Å². The Labute approximate surface area is 105 Å². The van der Waals surface area contributed by atoms with Crippen molar-refractivity contribution in [1.82, 2.24) is 9.55 Å². The van der Waals surface area contributed by atoms with Crippen molar-refractivity contribution >= 4 is 6.21 Å². The second-order valence-electron chi connectivity index (χ2n) is 5.10. The van der Waals surface area contributed by atoms with Crippen LogP contribution in [0.4, 0.5) is 0 Å². The van der Waals surface area contributed by atoms with Crippen molar-refractivity contribution < 1.29 is 9.59 Å². The van der Waals surface area contributed by atoms with Crippen molar-refractivity contribution in [3.63, 3.8) is 0 Å². The zero-order valence-corrected chi connectivity index (χ0v) is 11.1. The molecule has 0 amide bonds. The van der Waals surface area contributed by atoms with Gasteiger partial charge in [-0.05, 0) is 0 Å². The maximum absolute atomic E-state index is 11.5. The molecule has 18 heavy (non-hydrogen) atoms. The van der Waals surface area contributed by atoms with Gasteiger partial charge in [0.25, 0.3) is 5.56 Å². The van der Waals surface area contributed by atoms with Crippen LogP contribution in [0, 0.1) is 0 Å². The van der Waals surface area contributed by atoms with Gasteiger partial charge in [-0.25, -0.2) is 4.79 Å².